The maximum absolute atomic E-state index is 9.21. The van der Waals surface area contributed by atoms with Crippen LogP contribution in [0.4, 0.5) is 11.6 Å². The Kier molecular flexibility index (Phi) is 5.15. The van der Waals surface area contributed by atoms with E-state index in [9.17, 15) is 5.11 Å². The van der Waals surface area contributed by atoms with E-state index in [1.165, 1.54) is 0 Å². The molecule has 0 saturated carbocycles. The second-order valence-electron chi connectivity index (χ2n) is 4.00. The van der Waals surface area contributed by atoms with Gasteiger partial charge in [-0.25, -0.2) is 9.97 Å². The maximum atomic E-state index is 9.21. The summed E-state index contributed by atoms with van der Waals surface area (Å²) in [4.78, 5) is 8.87. The molecule has 1 atom stereocenters. The lowest BCUT2D eigenvalue weighted by molar-refractivity contribution is 0.271. The van der Waals surface area contributed by atoms with Gasteiger partial charge in [-0.2, -0.15) is 0 Å². The van der Waals surface area contributed by atoms with E-state index >= 15 is 0 Å². The summed E-state index contributed by atoms with van der Waals surface area (Å²) >= 11 is 0. The van der Waals surface area contributed by atoms with Gasteiger partial charge in [0.15, 0.2) is 0 Å². The quantitative estimate of drug-likeness (QED) is 0.702. The second kappa shape index (κ2) is 6.39. The smallest absolute Gasteiger partial charge is 0.135 e. The summed E-state index contributed by atoms with van der Waals surface area (Å²) in [7, 11) is 1.85. The Morgan fingerprint density at radius 1 is 1.24 bits per heavy atom. The number of nitrogens with zero attached hydrogens (tertiary/aromatic N) is 2. The van der Waals surface area contributed by atoms with Crippen LogP contribution in [0.15, 0.2) is 0 Å². The number of aliphatic hydroxyl groups excluding tert-OH is 1. The van der Waals surface area contributed by atoms with Gasteiger partial charge in [0, 0.05) is 19.0 Å². The summed E-state index contributed by atoms with van der Waals surface area (Å²) in [5.74, 6) is 2.45. The Morgan fingerprint density at radius 2 is 1.88 bits per heavy atom. The Bertz CT molecular complexity index is 364. The summed E-state index contributed by atoms with van der Waals surface area (Å²) in [6.07, 6.45) is 1.65. The molecule has 5 heteroatoms. The van der Waals surface area contributed by atoms with Gasteiger partial charge in [0.1, 0.15) is 17.5 Å². The first-order valence-corrected chi connectivity index (χ1v) is 6.08. The third kappa shape index (κ3) is 3.30. The highest BCUT2D eigenvalue weighted by Gasteiger charge is 2.12. The molecule has 3 N–H and O–H groups in total. The number of hydrogen-bond donors (Lipinski definition) is 3. The van der Waals surface area contributed by atoms with Crippen LogP contribution in [0.1, 0.15) is 31.7 Å². The van der Waals surface area contributed by atoms with Crippen molar-refractivity contribution in [1.29, 1.82) is 0 Å². The van der Waals surface area contributed by atoms with Crippen LogP contribution in [0.2, 0.25) is 0 Å². The van der Waals surface area contributed by atoms with Crippen LogP contribution in [-0.2, 0) is 6.42 Å². The van der Waals surface area contributed by atoms with E-state index in [1.54, 1.807) is 0 Å². The van der Waals surface area contributed by atoms with Gasteiger partial charge in [0.25, 0.3) is 0 Å². The third-order valence-electron chi connectivity index (χ3n) is 2.80. The minimum atomic E-state index is 0.0398. The number of nitrogens with one attached hydrogen (secondary N) is 2. The molecule has 0 fully saturated rings. The van der Waals surface area contributed by atoms with Gasteiger partial charge < -0.3 is 15.7 Å². The fourth-order valence-electron chi connectivity index (χ4n) is 1.58. The van der Waals surface area contributed by atoms with E-state index in [-0.39, 0.29) is 12.6 Å². The summed E-state index contributed by atoms with van der Waals surface area (Å²) in [6.45, 7) is 6.13. The zero-order valence-corrected chi connectivity index (χ0v) is 11.0. The van der Waals surface area contributed by atoms with E-state index in [2.05, 4.69) is 20.6 Å². The van der Waals surface area contributed by atoms with Gasteiger partial charge in [-0.1, -0.05) is 13.8 Å². The highest BCUT2D eigenvalue weighted by atomic mass is 16.3. The number of anilines is 2. The van der Waals surface area contributed by atoms with Crippen molar-refractivity contribution >= 4 is 11.6 Å². The van der Waals surface area contributed by atoms with Gasteiger partial charge in [0.05, 0.1) is 12.6 Å². The molecule has 1 heterocycles. The van der Waals surface area contributed by atoms with Crippen LogP contribution in [0.25, 0.3) is 0 Å². The molecule has 0 radical (unpaired) electrons. The van der Waals surface area contributed by atoms with Gasteiger partial charge in [-0.15, -0.1) is 0 Å². The largest absolute Gasteiger partial charge is 0.394 e. The molecule has 1 rings (SSSR count). The Morgan fingerprint density at radius 3 is 2.35 bits per heavy atom. The molecule has 0 amide bonds. The Labute approximate surface area is 103 Å². The van der Waals surface area contributed by atoms with Gasteiger partial charge in [-0.3, -0.25) is 0 Å². The van der Waals surface area contributed by atoms with E-state index in [0.29, 0.717) is 0 Å². The lowest BCUT2D eigenvalue weighted by Gasteiger charge is -2.18. The van der Waals surface area contributed by atoms with Crippen LogP contribution < -0.4 is 10.6 Å². The van der Waals surface area contributed by atoms with Gasteiger partial charge in [0.2, 0.25) is 0 Å². The second-order valence-corrected chi connectivity index (χ2v) is 4.00. The molecular formula is C12H22N4O. The average Bonchev–Trinajstić information content (AvgIpc) is 2.37. The number of rotatable bonds is 6. The van der Waals surface area contributed by atoms with E-state index in [4.69, 9.17) is 0 Å². The fourth-order valence-corrected chi connectivity index (χ4v) is 1.58. The first kappa shape index (κ1) is 13.7. The van der Waals surface area contributed by atoms with Crippen molar-refractivity contribution in [2.45, 2.75) is 39.7 Å². The Hall–Kier alpha value is -1.36. The van der Waals surface area contributed by atoms with Crippen molar-refractivity contribution in [3.8, 4) is 0 Å². The van der Waals surface area contributed by atoms with Crippen LogP contribution in [0, 0.1) is 6.92 Å². The standard InChI is InChI=1S/C12H22N4O/c1-5-9(7-17)14-12-8(3)11(13-4)15-10(6-2)16-12/h9,17H,5-7H2,1-4H3,(H2,13,14,15,16). The van der Waals surface area contributed by atoms with Crippen molar-refractivity contribution in [2.24, 2.45) is 0 Å². The monoisotopic (exact) mass is 238 g/mol. The van der Waals surface area contributed by atoms with Gasteiger partial charge in [-0.05, 0) is 13.3 Å². The molecule has 0 saturated heterocycles. The molecule has 1 aromatic rings. The molecule has 1 aromatic heterocycles. The first-order valence-electron chi connectivity index (χ1n) is 6.08. The van der Waals surface area contributed by atoms with Crippen LogP contribution in [0.3, 0.4) is 0 Å². The molecular weight excluding hydrogens is 216 g/mol. The third-order valence-corrected chi connectivity index (χ3v) is 2.80. The van der Waals surface area contributed by atoms with Crippen LogP contribution >= 0.6 is 0 Å². The SMILES string of the molecule is CCc1nc(NC)c(C)c(NC(CC)CO)n1. The lowest BCUT2D eigenvalue weighted by atomic mass is 10.2. The molecule has 0 aromatic carbocycles. The predicted molar refractivity (Wildman–Crippen MR) is 70.5 cm³/mol. The van der Waals surface area contributed by atoms with Gasteiger partial charge >= 0.3 is 0 Å². The summed E-state index contributed by atoms with van der Waals surface area (Å²) in [5.41, 5.74) is 0.983. The van der Waals surface area contributed by atoms with Crippen molar-refractivity contribution in [2.75, 3.05) is 24.3 Å². The van der Waals surface area contributed by atoms with Crippen LogP contribution in [0.5, 0.6) is 0 Å². The van der Waals surface area contributed by atoms with Crippen molar-refractivity contribution < 1.29 is 5.11 Å². The highest BCUT2D eigenvalue weighted by molar-refractivity contribution is 5.57. The van der Waals surface area contributed by atoms with E-state index in [0.717, 1.165) is 35.9 Å². The molecule has 5 nitrogen and oxygen atoms in total. The highest BCUT2D eigenvalue weighted by Crippen LogP contribution is 2.20. The maximum Gasteiger partial charge on any atom is 0.135 e. The summed E-state index contributed by atoms with van der Waals surface area (Å²) < 4.78 is 0. The minimum absolute atomic E-state index is 0.0398. The topological polar surface area (TPSA) is 70.1 Å². The van der Waals surface area contributed by atoms with E-state index < -0.39 is 0 Å². The Balaban J connectivity index is 3.04. The van der Waals surface area contributed by atoms with E-state index in [1.807, 2.05) is 27.8 Å². The molecule has 96 valence electrons. The molecule has 17 heavy (non-hydrogen) atoms. The fraction of sp³-hybridized carbons (Fsp3) is 0.667. The molecule has 0 aliphatic rings. The number of aryl methyl sites for hydroxylation is 1. The number of aliphatic hydroxyl groups is 1. The number of aromatic nitrogens is 2. The normalized spacial score (nSPS) is 12.3. The minimum Gasteiger partial charge on any atom is -0.394 e. The summed E-state index contributed by atoms with van der Waals surface area (Å²) in [5, 5.41) is 15.5. The zero-order valence-electron chi connectivity index (χ0n) is 11.0. The average molecular weight is 238 g/mol. The first-order chi connectivity index (χ1) is 8.15. The zero-order chi connectivity index (χ0) is 12.8. The number of hydrogen-bond acceptors (Lipinski definition) is 5. The predicted octanol–water partition coefficient (Wildman–Crippen LogP) is 1.57. The van der Waals surface area contributed by atoms with Crippen molar-refractivity contribution in [3.63, 3.8) is 0 Å². The molecule has 0 aliphatic heterocycles. The van der Waals surface area contributed by atoms with Crippen LogP contribution in [-0.4, -0.2) is 34.8 Å². The molecule has 0 bridgehead atoms. The summed E-state index contributed by atoms with van der Waals surface area (Å²) in [6, 6.07) is 0.0398. The lowest BCUT2D eigenvalue weighted by Crippen LogP contribution is -2.24. The molecule has 1 unspecified atom stereocenters. The van der Waals surface area contributed by atoms with Crippen molar-refractivity contribution in [3.05, 3.63) is 11.4 Å². The van der Waals surface area contributed by atoms with Crippen molar-refractivity contribution in [1.82, 2.24) is 9.97 Å². The molecule has 0 aliphatic carbocycles. The molecule has 0 spiro atoms.